The maximum Gasteiger partial charge on any atom is 0.318 e. The summed E-state index contributed by atoms with van der Waals surface area (Å²) in [6.07, 6.45) is 0. The van der Waals surface area contributed by atoms with Crippen LogP contribution in [-0.2, 0) is 14.9 Å². The molecule has 0 fully saturated rings. The van der Waals surface area contributed by atoms with E-state index in [1.165, 1.54) is 6.92 Å². The summed E-state index contributed by atoms with van der Waals surface area (Å²) in [5.41, 5.74) is -0.798. The van der Waals surface area contributed by atoms with Crippen molar-refractivity contribution in [2.75, 3.05) is 6.61 Å². The Morgan fingerprint density at radius 3 is 2.32 bits per heavy atom. The highest BCUT2D eigenvalue weighted by atomic mass is 35.5. The van der Waals surface area contributed by atoms with Crippen LogP contribution in [0.25, 0.3) is 0 Å². The Kier molecular flexibility index (Phi) is 4.92. The standard InChI is InChI=1S/C14H13ClN2O2/c1-3-19-13(18)14(2,11(8-16)9-17)10-4-6-12(15)7-5-10/h4-7,11H,3H2,1-2H3. The normalized spacial score (nSPS) is 13.2. The van der Waals surface area contributed by atoms with Gasteiger partial charge in [-0.2, -0.15) is 10.5 Å². The number of nitriles is 2. The highest BCUT2D eigenvalue weighted by molar-refractivity contribution is 6.30. The van der Waals surface area contributed by atoms with E-state index in [9.17, 15) is 4.79 Å². The molecule has 4 nitrogen and oxygen atoms in total. The molecule has 1 atom stereocenters. The minimum atomic E-state index is -1.33. The summed E-state index contributed by atoms with van der Waals surface area (Å²) in [4.78, 5) is 12.2. The molecule has 0 N–H and O–H groups in total. The van der Waals surface area contributed by atoms with Crippen molar-refractivity contribution in [1.82, 2.24) is 0 Å². The maximum absolute atomic E-state index is 12.2. The van der Waals surface area contributed by atoms with Crippen molar-refractivity contribution in [2.24, 2.45) is 5.92 Å². The van der Waals surface area contributed by atoms with Gasteiger partial charge in [-0.15, -0.1) is 0 Å². The molecule has 0 radical (unpaired) electrons. The van der Waals surface area contributed by atoms with E-state index in [1.807, 2.05) is 12.1 Å². The number of nitrogens with zero attached hydrogens (tertiary/aromatic N) is 2. The van der Waals surface area contributed by atoms with Gasteiger partial charge in [-0.1, -0.05) is 23.7 Å². The third kappa shape index (κ3) is 2.86. The van der Waals surface area contributed by atoms with Crippen LogP contribution in [0.5, 0.6) is 0 Å². The number of esters is 1. The first kappa shape index (κ1) is 15.0. The SMILES string of the molecule is CCOC(=O)C(C)(c1ccc(Cl)cc1)C(C#N)C#N. The second-order valence-electron chi connectivity index (χ2n) is 4.12. The van der Waals surface area contributed by atoms with Crippen molar-refractivity contribution >= 4 is 17.6 Å². The molecule has 1 aromatic rings. The molecule has 0 spiro atoms. The van der Waals surface area contributed by atoms with Gasteiger partial charge in [0.1, 0.15) is 5.41 Å². The van der Waals surface area contributed by atoms with Crippen LogP contribution in [0.3, 0.4) is 0 Å². The molecule has 5 heteroatoms. The van der Waals surface area contributed by atoms with Gasteiger partial charge in [0, 0.05) is 5.02 Å². The molecule has 0 aliphatic carbocycles. The van der Waals surface area contributed by atoms with Gasteiger partial charge in [0.15, 0.2) is 5.92 Å². The summed E-state index contributed by atoms with van der Waals surface area (Å²) in [6, 6.07) is 10.2. The fourth-order valence-electron chi connectivity index (χ4n) is 1.77. The fourth-order valence-corrected chi connectivity index (χ4v) is 1.89. The van der Waals surface area contributed by atoms with Gasteiger partial charge in [-0.25, -0.2) is 0 Å². The van der Waals surface area contributed by atoms with Crippen LogP contribution in [0.15, 0.2) is 24.3 Å². The molecule has 0 aliphatic rings. The van der Waals surface area contributed by atoms with Crippen LogP contribution in [-0.4, -0.2) is 12.6 Å². The molecular formula is C14H13ClN2O2. The Morgan fingerprint density at radius 2 is 1.89 bits per heavy atom. The highest BCUT2D eigenvalue weighted by Gasteiger charge is 2.45. The summed E-state index contributed by atoms with van der Waals surface area (Å²) in [7, 11) is 0. The molecule has 1 rings (SSSR count). The number of carbonyl (C=O) groups is 1. The van der Waals surface area contributed by atoms with Crippen LogP contribution in [0, 0.1) is 28.6 Å². The molecule has 1 aromatic carbocycles. The summed E-state index contributed by atoms with van der Waals surface area (Å²) in [5, 5.41) is 18.7. The Labute approximate surface area is 117 Å². The van der Waals surface area contributed by atoms with Crippen molar-refractivity contribution < 1.29 is 9.53 Å². The molecule has 0 bridgehead atoms. The average Bonchev–Trinajstić information content (AvgIpc) is 2.40. The predicted octanol–water partition coefficient (Wildman–Crippen LogP) is 2.82. The van der Waals surface area contributed by atoms with Crippen molar-refractivity contribution in [2.45, 2.75) is 19.3 Å². The van der Waals surface area contributed by atoms with Crippen LogP contribution in [0.2, 0.25) is 5.02 Å². The monoisotopic (exact) mass is 276 g/mol. The van der Waals surface area contributed by atoms with Gasteiger partial charge in [-0.3, -0.25) is 4.79 Å². The first-order valence-corrected chi connectivity index (χ1v) is 6.11. The zero-order valence-corrected chi connectivity index (χ0v) is 11.4. The molecule has 0 aliphatic heterocycles. The van der Waals surface area contributed by atoms with Crippen LogP contribution < -0.4 is 0 Å². The van der Waals surface area contributed by atoms with E-state index >= 15 is 0 Å². The van der Waals surface area contributed by atoms with Crippen molar-refractivity contribution in [3.05, 3.63) is 34.9 Å². The number of rotatable bonds is 4. The zero-order valence-electron chi connectivity index (χ0n) is 10.7. The second kappa shape index (κ2) is 6.22. The lowest BCUT2D eigenvalue weighted by molar-refractivity contribution is -0.150. The molecule has 0 saturated heterocycles. The lowest BCUT2D eigenvalue weighted by Gasteiger charge is -2.28. The molecular weight excluding hydrogens is 264 g/mol. The largest absolute Gasteiger partial charge is 0.465 e. The maximum atomic E-state index is 12.2. The summed E-state index contributed by atoms with van der Waals surface area (Å²) >= 11 is 5.80. The van der Waals surface area contributed by atoms with E-state index in [0.29, 0.717) is 10.6 Å². The number of carbonyl (C=O) groups excluding carboxylic acids is 1. The topological polar surface area (TPSA) is 73.9 Å². The molecule has 98 valence electrons. The Balaban J connectivity index is 3.35. The van der Waals surface area contributed by atoms with Crippen molar-refractivity contribution in [3.63, 3.8) is 0 Å². The first-order valence-electron chi connectivity index (χ1n) is 5.73. The lowest BCUT2D eigenvalue weighted by atomic mass is 9.73. The zero-order chi connectivity index (χ0) is 14.5. The van der Waals surface area contributed by atoms with Gasteiger partial charge in [0.05, 0.1) is 18.7 Å². The number of hydrogen-bond acceptors (Lipinski definition) is 4. The third-order valence-corrected chi connectivity index (χ3v) is 3.23. The minimum Gasteiger partial charge on any atom is -0.465 e. The van der Waals surface area contributed by atoms with Gasteiger partial charge < -0.3 is 4.74 Å². The number of hydrogen-bond donors (Lipinski definition) is 0. The third-order valence-electron chi connectivity index (χ3n) is 2.98. The van der Waals surface area contributed by atoms with E-state index in [4.69, 9.17) is 26.9 Å². The highest BCUT2D eigenvalue weighted by Crippen LogP contribution is 2.34. The van der Waals surface area contributed by atoms with E-state index in [-0.39, 0.29) is 6.61 Å². The number of benzene rings is 1. The van der Waals surface area contributed by atoms with Gasteiger partial charge in [-0.05, 0) is 31.5 Å². The van der Waals surface area contributed by atoms with Gasteiger partial charge >= 0.3 is 5.97 Å². The Morgan fingerprint density at radius 1 is 1.37 bits per heavy atom. The molecule has 1 unspecified atom stereocenters. The fraction of sp³-hybridized carbons (Fsp3) is 0.357. The molecule has 0 aromatic heterocycles. The average molecular weight is 277 g/mol. The lowest BCUT2D eigenvalue weighted by Crippen LogP contribution is -2.40. The van der Waals surface area contributed by atoms with Crippen LogP contribution in [0.4, 0.5) is 0 Å². The Hall–Kier alpha value is -2.04. The smallest absolute Gasteiger partial charge is 0.318 e. The summed E-state index contributed by atoms with van der Waals surface area (Å²) in [6.45, 7) is 3.39. The molecule has 19 heavy (non-hydrogen) atoms. The van der Waals surface area contributed by atoms with Crippen LogP contribution >= 0.6 is 11.6 Å². The van der Waals surface area contributed by atoms with Crippen molar-refractivity contribution in [3.8, 4) is 12.1 Å². The van der Waals surface area contributed by atoms with E-state index < -0.39 is 17.3 Å². The van der Waals surface area contributed by atoms with E-state index in [0.717, 1.165) is 0 Å². The Bertz CT molecular complexity index is 528. The summed E-state index contributed by atoms with van der Waals surface area (Å²) < 4.78 is 5.00. The quantitative estimate of drug-likeness (QED) is 0.793. The summed E-state index contributed by atoms with van der Waals surface area (Å²) in [5.74, 6) is -1.72. The van der Waals surface area contributed by atoms with Gasteiger partial charge in [0.2, 0.25) is 0 Å². The predicted molar refractivity (Wildman–Crippen MR) is 70.2 cm³/mol. The van der Waals surface area contributed by atoms with Gasteiger partial charge in [0.25, 0.3) is 0 Å². The van der Waals surface area contributed by atoms with Crippen LogP contribution in [0.1, 0.15) is 19.4 Å². The van der Waals surface area contributed by atoms with E-state index in [1.54, 1.807) is 31.2 Å². The molecule has 0 saturated carbocycles. The number of ether oxygens (including phenoxy) is 1. The van der Waals surface area contributed by atoms with Crippen molar-refractivity contribution in [1.29, 1.82) is 10.5 Å². The minimum absolute atomic E-state index is 0.186. The first-order chi connectivity index (χ1) is 9.00. The molecule has 0 amide bonds. The van der Waals surface area contributed by atoms with E-state index in [2.05, 4.69) is 0 Å². The number of halogens is 1. The molecule has 0 heterocycles. The second-order valence-corrected chi connectivity index (χ2v) is 4.56.